The first-order valence-electron chi connectivity index (χ1n) is 4.90. The van der Waals surface area contributed by atoms with Crippen LogP contribution in [0.3, 0.4) is 0 Å². The van der Waals surface area contributed by atoms with Crippen LogP contribution in [-0.4, -0.2) is 7.11 Å². The van der Waals surface area contributed by atoms with Gasteiger partial charge in [0.25, 0.3) is 0 Å². The van der Waals surface area contributed by atoms with Crippen molar-refractivity contribution in [3.63, 3.8) is 0 Å². The van der Waals surface area contributed by atoms with Gasteiger partial charge in [-0.05, 0) is 35.4 Å². The summed E-state index contributed by atoms with van der Waals surface area (Å²) >= 11 is 0. The molecule has 0 saturated heterocycles. The number of halogens is 1. The Kier molecular flexibility index (Phi) is 2.77. The lowest BCUT2D eigenvalue weighted by Gasteiger charge is -2.05. The van der Waals surface area contributed by atoms with Crippen LogP contribution in [0.25, 0.3) is 11.1 Å². The van der Waals surface area contributed by atoms with E-state index < -0.39 is 5.82 Å². The van der Waals surface area contributed by atoms with Crippen molar-refractivity contribution in [2.45, 2.75) is 0 Å². The molecule has 0 bridgehead atoms. The van der Waals surface area contributed by atoms with Crippen LogP contribution in [0.4, 0.5) is 10.1 Å². The minimum atomic E-state index is -0.391. The van der Waals surface area contributed by atoms with E-state index in [-0.39, 0.29) is 5.69 Å². The minimum absolute atomic E-state index is 0.160. The molecule has 0 saturated carbocycles. The van der Waals surface area contributed by atoms with Crippen molar-refractivity contribution in [2.75, 3.05) is 12.8 Å². The molecule has 2 N–H and O–H groups in total. The standard InChI is InChI=1S/C13H12FNO/c1-16-11-5-2-9(3-6-11)10-4-7-12(14)13(15)8-10/h2-8H,15H2,1H3. The zero-order chi connectivity index (χ0) is 11.5. The zero-order valence-electron chi connectivity index (χ0n) is 8.91. The molecule has 2 aromatic carbocycles. The highest BCUT2D eigenvalue weighted by Gasteiger charge is 2.02. The van der Waals surface area contributed by atoms with Gasteiger partial charge >= 0.3 is 0 Å². The van der Waals surface area contributed by atoms with Crippen molar-refractivity contribution >= 4 is 5.69 Å². The summed E-state index contributed by atoms with van der Waals surface area (Å²) in [5, 5.41) is 0. The van der Waals surface area contributed by atoms with E-state index in [1.165, 1.54) is 6.07 Å². The number of anilines is 1. The number of hydrogen-bond acceptors (Lipinski definition) is 2. The van der Waals surface area contributed by atoms with Gasteiger partial charge in [-0.1, -0.05) is 18.2 Å². The molecule has 0 radical (unpaired) electrons. The summed E-state index contributed by atoms with van der Waals surface area (Å²) in [5.41, 5.74) is 7.54. The van der Waals surface area contributed by atoms with Gasteiger partial charge in [-0.3, -0.25) is 0 Å². The van der Waals surface area contributed by atoms with Crippen LogP contribution in [-0.2, 0) is 0 Å². The smallest absolute Gasteiger partial charge is 0.146 e. The lowest BCUT2D eigenvalue weighted by Crippen LogP contribution is -1.90. The molecule has 0 fully saturated rings. The van der Waals surface area contributed by atoms with Crippen molar-refractivity contribution in [2.24, 2.45) is 0 Å². The van der Waals surface area contributed by atoms with Crippen molar-refractivity contribution in [1.29, 1.82) is 0 Å². The third-order valence-electron chi connectivity index (χ3n) is 2.42. The first-order valence-corrected chi connectivity index (χ1v) is 4.90. The Morgan fingerprint density at radius 2 is 1.62 bits per heavy atom. The molecule has 0 aliphatic rings. The van der Waals surface area contributed by atoms with Crippen LogP contribution >= 0.6 is 0 Å². The SMILES string of the molecule is COc1ccc(-c2ccc(F)c(N)c2)cc1. The van der Waals surface area contributed by atoms with Gasteiger partial charge in [-0.15, -0.1) is 0 Å². The molecule has 2 rings (SSSR count). The molecule has 0 atom stereocenters. The highest BCUT2D eigenvalue weighted by molar-refractivity contribution is 5.68. The number of methoxy groups -OCH3 is 1. The zero-order valence-corrected chi connectivity index (χ0v) is 8.91. The Bertz CT molecular complexity index is 494. The summed E-state index contributed by atoms with van der Waals surface area (Å²) in [5.74, 6) is 0.399. The third-order valence-corrected chi connectivity index (χ3v) is 2.42. The Morgan fingerprint density at radius 3 is 2.19 bits per heavy atom. The maximum Gasteiger partial charge on any atom is 0.146 e. The summed E-state index contributed by atoms with van der Waals surface area (Å²) in [6.45, 7) is 0. The molecule has 82 valence electrons. The second-order valence-corrected chi connectivity index (χ2v) is 3.46. The largest absolute Gasteiger partial charge is 0.497 e. The van der Waals surface area contributed by atoms with E-state index in [0.29, 0.717) is 0 Å². The summed E-state index contributed by atoms with van der Waals surface area (Å²) in [6.07, 6.45) is 0. The molecule has 2 nitrogen and oxygen atoms in total. The van der Waals surface area contributed by atoms with Gasteiger partial charge in [-0.25, -0.2) is 4.39 Å². The first-order chi connectivity index (χ1) is 7.70. The molecule has 3 heteroatoms. The molecule has 0 aromatic heterocycles. The fraction of sp³-hybridized carbons (Fsp3) is 0.0769. The van der Waals surface area contributed by atoms with Gasteiger partial charge in [0.2, 0.25) is 0 Å². The van der Waals surface area contributed by atoms with E-state index in [1.54, 1.807) is 19.2 Å². The van der Waals surface area contributed by atoms with Gasteiger partial charge in [0.05, 0.1) is 12.8 Å². The predicted molar refractivity (Wildman–Crippen MR) is 62.8 cm³/mol. The van der Waals surface area contributed by atoms with Gasteiger partial charge in [0.1, 0.15) is 11.6 Å². The summed E-state index contributed by atoms with van der Waals surface area (Å²) in [4.78, 5) is 0. The Morgan fingerprint density at radius 1 is 1.00 bits per heavy atom. The average Bonchev–Trinajstić information content (AvgIpc) is 2.33. The first kappa shape index (κ1) is 10.5. The number of hydrogen-bond donors (Lipinski definition) is 1. The van der Waals surface area contributed by atoms with E-state index >= 15 is 0 Å². The molecule has 0 amide bonds. The Hall–Kier alpha value is -2.03. The van der Waals surface area contributed by atoms with E-state index in [0.717, 1.165) is 16.9 Å². The maximum absolute atomic E-state index is 13.0. The van der Waals surface area contributed by atoms with Crippen molar-refractivity contribution < 1.29 is 9.13 Å². The number of nitrogen functional groups attached to an aromatic ring is 1. The monoisotopic (exact) mass is 217 g/mol. The molecular weight excluding hydrogens is 205 g/mol. The lowest BCUT2D eigenvalue weighted by atomic mass is 10.0. The van der Waals surface area contributed by atoms with Crippen LogP contribution in [0.2, 0.25) is 0 Å². The number of rotatable bonds is 2. The lowest BCUT2D eigenvalue weighted by molar-refractivity contribution is 0.415. The second-order valence-electron chi connectivity index (χ2n) is 3.46. The number of benzene rings is 2. The Labute approximate surface area is 93.5 Å². The van der Waals surface area contributed by atoms with E-state index in [1.807, 2.05) is 24.3 Å². The van der Waals surface area contributed by atoms with Crippen LogP contribution in [0.15, 0.2) is 42.5 Å². The van der Waals surface area contributed by atoms with Crippen LogP contribution in [0.1, 0.15) is 0 Å². The maximum atomic E-state index is 13.0. The Balaban J connectivity index is 2.38. The molecular formula is C13H12FNO. The third kappa shape index (κ3) is 1.98. The molecule has 0 aliphatic heterocycles. The number of ether oxygens (including phenoxy) is 1. The highest BCUT2D eigenvalue weighted by atomic mass is 19.1. The summed E-state index contributed by atoms with van der Waals surface area (Å²) in [6, 6.07) is 12.2. The normalized spacial score (nSPS) is 10.1. The van der Waals surface area contributed by atoms with Crippen LogP contribution < -0.4 is 10.5 Å². The quantitative estimate of drug-likeness (QED) is 0.784. The average molecular weight is 217 g/mol. The molecule has 0 heterocycles. The van der Waals surface area contributed by atoms with Crippen molar-refractivity contribution in [3.05, 3.63) is 48.3 Å². The molecule has 2 aromatic rings. The van der Waals surface area contributed by atoms with Gasteiger partial charge < -0.3 is 10.5 Å². The van der Waals surface area contributed by atoms with Crippen molar-refractivity contribution in [1.82, 2.24) is 0 Å². The number of nitrogens with two attached hydrogens (primary N) is 1. The molecule has 0 spiro atoms. The highest BCUT2D eigenvalue weighted by Crippen LogP contribution is 2.25. The molecule has 0 unspecified atom stereocenters. The van der Waals surface area contributed by atoms with Crippen LogP contribution in [0.5, 0.6) is 5.75 Å². The fourth-order valence-corrected chi connectivity index (χ4v) is 1.51. The van der Waals surface area contributed by atoms with E-state index in [2.05, 4.69) is 0 Å². The predicted octanol–water partition coefficient (Wildman–Crippen LogP) is 3.08. The summed E-state index contributed by atoms with van der Waals surface area (Å²) in [7, 11) is 1.62. The van der Waals surface area contributed by atoms with Gasteiger partial charge in [0, 0.05) is 0 Å². The van der Waals surface area contributed by atoms with Gasteiger partial charge in [0.15, 0.2) is 0 Å². The van der Waals surface area contributed by atoms with Crippen molar-refractivity contribution in [3.8, 4) is 16.9 Å². The fourth-order valence-electron chi connectivity index (χ4n) is 1.51. The van der Waals surface area contributed by atoms with Crippen LogP contribution in [0, 0.1) is 5.82 Å². The molecule has 16 heavy (non-hydrogen) atoms. The van der Waals surface area contributed by atoms with E-state index in [9.17, 15) is 4.39 Å². The van der Waals surface area contributed by atoms with Gasteiger partial charge in [-0.2, -0.15) is 0 Å². The summed E-state index contributed by atoms with van der Waals surface area (Å²) < 4.78 is 18.1. The van der Waals surface area contributed by atoms with E-state index in [4.69, 9.17) is 10.5 Å². The molecule has 0 aliphatic carbocycles. The minimum Gasteiger partial charge on any atom is -0.497 e. The topological polar surface area (TPSA) is 35.2 Å². The second kappa shape index (κ2) is 4.23.